The molecule has 4 heteroatoms. The largest absolute Gasteiger partial charge is 0.396 e. The molecule has 3 N–H and O–H groups in total. The molecule has 0 saturated heterocycles. The van der Waals surface area contributed by atoms with Crippen molar-refractivity contribution in [3.05, 3.63) is 12.2 Å². The molecule has 3 aliphatic carbocycles. The standard InChI is InChI=1S/C19H32O2.C5H11NO/c1-13-4-5-14-10-15(6-8-18(13,14)2)19(3)9-7-17(21)11-16(19)12-20;1-4(2)5(7)6-3/h14-17,20-21H,1,4-12H2,2-3H3;4H,1-3H3,(H,6,7). The third-order valence-corrected chi connectivity index (χ3v) is 8.51. The lowest BCUT2D eigenvalue weighted by molar-refractivity contribution is -0.123. The van der Waals surface area contributed by atoms with Gasteiger partial charge in [0.15, 0.2) is 0 Å². The Morgan fingerprint density at radius 3 is 2.39 bits per heavy atom. The molecule has 6 atom stereocenters. The van der Waals surface area contributed by atoms with Crippen molar-refractivity contribution >= 4 is 5.91 Å². The highest BCUT2D eigenvalue weighted by Gasteiger charge is 2.51. The van der Waals surface area contributed by atoms with E-state index in [0.717, 1.165) is 25.2 Å². The van der Waals surface area contributed by atoms with Crippen LogP contribution in [0.5, 0.6) is 0 Å². The average Bonchev–Trinajstić information content (AvgIpc) is 2.97. The van der Waals surface area contributed by atoms with Crippen molar-refractivity contribution in [1.82, 2.24) is 5.32 Å². The van der Waals surface area contributed by atoms with Gasteiger partial charge in [0.05, 0.1) is 6.10 Å². The molecule has 3 fully saturated rings. The lowest BCUT2D eigenvalue weighted by Crippen LogP contribution is -2.46. The number of fused-ring (bicyclic) bond motifs is 1. The number of hydrogen-bond donors (Lipinski definition) is 3. The van der Waals surface area contributed by atoms with E-state index in [2.05, 4.69) is 25.7 Å². The highest BCUT2D eigenvalue weighted by atomic mass is 16.3. The van der Waals surface area contributed by atoms with E-state index in [1.807, 2.05) is 13.8 Å². The topological polar surface area (TPSA) is 69.6 Å². The van der Waals surface area contributed by atoms with Crippen LogP contribution in [0.3, 0.4) is 0 Å². The summed E-state index contributed by atoms with van der Waals surface area (Å²) in [6.45, 7) is 13.1. The molecule has 28 heavy (non-hydrogen) atoms. The molecule has 4 nitrogen and oxygen atoms in total. The number of carbonyl (C=O) groups excluding carboxylic acids is 1. The number of hydrogen-bond acceptors (Lipinski definition) is 3. The zero-order valence-electron chi connectivity index (χ0n) is 18.8. The van der Waals surface area contributed by atoms with Gasteiger partial charge in [-0.3, -0.25) is 4.79 Å². The molecule has 0 spiro atoms. The Labute approximate surface area is 172 Å². The number of aliphatic hydroxyl groups excluding tert-OH is 2. The zero-order valence-corrected chi connectivity index (χ0v) is 18.8. The minimum atomic E-state index is -0.199. The third-order valence-electron chi connectivity index (χ3n) is 8.51. The van der Waals surface area contributed by atoms with Crippen LogP contribution in [0.4, 0.5) is 0 Å². The van der Waals surface area contributed by atoms with Crippen molar-refractivity contribution in [3.8, 4) is 0 Å². The van der Waals surface area contributed by atoms with E-state index in [4.69, 9.17) is 0 Å². The fraction of sp³-hybridized carbons (Fsp3) is 0.875. The van der Waals surface area contributed by atoms with E-state index in [0.29, 0.717) is 11.3 Å². The van der Waals surface area contributed by atoms with Gasteiger partial charge in [-0.25, -0.2) is 0 Å². The molecule has 0 aromatic heterocycles. The number of aliphatic hydroxyl groups is 2. The van der Waals surface area contributed by atoms with Crippen LogP contribution < -0.4 is 5.32 Å². The molecular formula is C24H43NO3. The first-order chi connectivity index (χ1) is 13.1. The summed E-state index contributed by atoms with van der Waals surface area (Å²) in [5, 5.41) is 22.3. The second-order valence-electron chi connectivity index (χ2n) is 10.3. The number of nitrogens with one attached hydrogen (secondary N) is 1. The monoisotopic (exact) mass is 393 g/mol. The summed E-state index contributed by atoms with van der Waals surface area (Å²) in [6, 6.07) is 0. The van der Waals surface area contributed by atoms with Crippen LogP contribution in [0.1, 0.15) is 79.1 Å². The lowest BCUT2D eigenvalue weighted by Gasteiger charge is -2.52. The minimum Gasteiger partial charge on any atom is -0.396 e. The third kappa shape index (κ3) is 4.64. The normalized spacial score (nSPS) is 40.5. The van der Waals surface area contributed by atoms with Gasteiger partial charge in [0.2, 0.25) is 5.91 Å². The van der Waals surface area contributed by atoms with Gasteiger partial charge in [0, 0.05) is 19.6 Å². The fourth-order valence-corrected chi connectivity index (χ4v) is 6.04. The van der Waals surface area contributed by atoms with E-state index < -0.39 is 0 Å². The molecule has 3 aliphatic rings. The summed E-state index contributed by atoms with van der Waals surface area (Å²) in [6.07, 6.45) is 8.96. The Morgan fingerprint density at radius 1 is 1.18 bits per heavy atom. The fourth-order valence-electron chi connectivity index (χ4n) is 6.04. The predicted octanol–water partition coefficient (Wildman–Crippen LogP) is 4.31. The Morgan fingerprint density at radius 2 is 1.86 bits per heavy atom. The van der Waals surface area contributed by atoms with Gasteiger partial charge in [-0.15, -0.1) is 0 Å². The Bertz CT molecular complexity index is 560. The molecule has 1 amide bonds. The van der Waals surface area contributed by atoms with Crippen molar-refractivity contribution in [2.75, 3.05) is 13.7 Å². The van der Waals surface area contributed by atoms with Gasteiger partial charge in [-0.2, -0.15) is 0 Å². The minimum absolute atomic E-state index is 0.0972. The summed E-state index contributed by atoms with van der Waals surface area (Å²) < 4.78 is 0. The first kappa shape index (κ1) is 23.4. The van der Waals surface area contributed by atoms with Crippen LogP contribution in [-0.2, 0) is 4.79 Å². The maximum absolute atomic E-state index is 10.4. The highest BCUT2D eigenvalue weighted by molar-refractivity contribution is 5.77. The van der Waals surface area contributed by atoms with Crippen LogP contribution in [-0.4, -0.2) is 35.9 Å². The van der Waals surface area contributed by atoms with Crippen LogP contribution >= 0.6 is 0 Å². The van der Waals surface area contributed by atoms with Gasteiger partial charge in [0.1, 0.15) is 0 Å². The maximum Gasteiger partial charge on any atom is 0.222 e. The summed E-state index contributed by atoms with van der Waals surface area (Å²) in [7, 11) is 1.64. The summed E-state index contributed by atoms with van der Waals surface area (Å²) >= 11 is 0. The molecule has 3 rings (SSSR count). The van der Waals surface area contributed by atoms with E-state index >= 15 is 0 Å². The molecule has 0 bridgehead atoms. The lowest BCUT2D eigenvalue weighted by atomic mass is 9.53. The van der Waals surface area contributed by atoms with E-state index in [9.17, 15) is 15.0 Å². The zero-order chi connectivity index (χ0) is 21.1. The second-order valence-corrected chi connectivity index (χ2v) is 10.3. The first-order valence-corrected chi connectivity index (χ1v) is 11.3. The first-order valence-electron chi connectivity index (χ1n) is 11.3. The SMILES string of the molecule is C=C1CCC2CC(C3(C)CCC(O)CC3CO)CCC12C.CNC(=O)C(C)C. The molecule has 0 heterocycles. The molecule has 0 radical (unpaired) electrons. The Balaban J connectivity index is 0.000000345. The summed E-state index contributed by atoms with van der Waals surface area (Å²) in [5.41, 5.74) is 2.09. The number of rotatable bonds is 3. The van der Waals surface area contributed by atoms with Crippen LogP contribution in [0, 0.1) is 34.5 Å². The van der Waals surface area contributed by atoms with Gasteiger partial charge in [0.25, 0.3) is 0 Å². The van der Waals surface area contributed by atoms with Crippen LogP contribution in [0.25, 0.3) is 0 Å². The quantitative estimate of drug-likeness (QED) is 0.626. The van der Waals surface area contributed by atoms with Gasteiger partial charge < -0.3 is 15.5 Å². The average molecular weight is 394 g/mol. The maximum atomic E-state index is 10.4. The van der Waals surface area contributed by atoms with Crippen LogP contribution in [0.15, 0.2) is 12.2 Å². The number of carbonyl (C=O) groups is 1. The second kappa shape index (κ2) is 9.30. The highest BCUT2D eigenvalue weighted by Crippen LogP contribution is 2.61. The molecule has 6 unspecified atom stereocenters. The smallest absolute Gasteiger partial charge is 0.222 e. The molecular weight excluding hydrogens is 350 g/mol. The van der Waals surface area contributed by atoms with E-state index in [1.165, 1.54) is 37.7 Å². The van der Waals surface area contributed by atoms with Crippen molar-refractivity contribution in [3.63, 3.8) is 0 Å². The van der Waals surface area contributed by atoms with Crippen molar-refractivity contribution in [2.24, 2.45) is 34.5 Å². The molecule has 0 aromatic carbocycles. The summed E-state index contributed by atoms with van der Waals surface area (Å²) in [5.74, 6) is 2.00. The number of amides is 1. The van der Waals surface area contributed by atoms with E-state index in [-0.39, 0.29) is 35.9 Å². The molecule has 0 aliphatic heterocycles. The van der Waals surface area contributed by atoms with Gasteiger partial charge >= 0.3 is 0 Å². The van der Waals surface area contributed by atoms with Crippen molar-refractivity contribution < 1.29 is 15.0 Å². The predicted molar refractivity (Wildman–Crippen MR) is 115 cm³/mol. The molecule has 0 aromatic rings. The van der Waals surface area contributed by atoms with Crippen molar-refractivity contribution in [2.45, 2.75) is 85.2 Å². The molecule has 162 valence electrons. The van der Waals surface area contributed by atoms with Crippen molar-refractivity contribution in [1.29, 1.82) is 0 Å². The number of allylic oxidation sites excluding steroid dienone is 1. The Kier molecular flexibility index (Phi) is 7.77. The Hall–Kier alpha value is -0.870. The van der Waals surface area contributed by atoms with Crippen LogP contribution in [0.2, 0.25) is 0 Å². The van der Waals surface area contributed by atoms with Gasteiger partial charge in [-0.1, -0.05) is 39.8 Å². The summed E-state index contributed by atoms with van der Waals surface area (Å²) in [4.78, 5) is 10.4. The van der Waals surface area contributed by atoms with E-state index in [1.54, 1.807) is 7.05 Å². The molecule has 3 saturated carbocycles. The van der Waals surface area contributed by atoms with Gasteiger partial charge in [-0.05, 0) is 80.0 Å².